The Morgan fingerprint density at radius 1 is 1.44 bits per heavy atom. The first-order chi connectivity index (χ1) is 7.72. The highest BCUT2D eigenvalue weighted by Crippen LogP contribution is 2.27. The van der Waals surface area contributed by atoms with Gasteiger partial charge in [-0.25, -0.2) is 8.78 Å². The Bertz CT molecular complexity index is 368. The summed E-state index contributed by atoms with van der Waals surface area (Å²) in [4.78, 5) is 1.92. The molecule has 16 heavy (non-hydrogen) atoms. The molecule has 0 aromatic heterocycles. The summed E-state index contributed by atoms with van der Waals surface area (Å²) in [5, 5.41) is 3.11. The summed E-state index contributed by atoms with van der Waals surface area (Å²) in [5.74, 6) is -0.977. The van der Waals surface area contributed by atoms with Gasteiger partial charge in [0.05, 0.1) is 5.69 Å². The van der Waals surface area contributed by atoms with Gasteiger partial charge in [0.1, 0.15) is 0 Å². The molecule has 1 atom stereocenters. The SMILES string of the molecule is CNCC1CCN(c2cccc(F)c2F)C1. The summed E-state index contributed by atoms with van der Waals surface area (Å²) >= 11 is 0. The molecule has 1 saturated heterocycles. The molecule has 1 aromatic carbocycles. The highest BCUT2D eigenvalue weighted by atomic mass is 19.2. The molecule has 2 nitrogen and oxygen atoms in total. The van der Waals surface area contributed by atoms with E-state index in [0.717, 1.165) is 32.1 Å². The number of halogens is 2. The molecule has 0 bridgehead atoms. The molecule has 1 heterocycles. The third kappa shape index (κ3) is 2.16. The van der Waals surface area contributed by atoms with Crippen molar-refractivity contribution in [1.29, 1.82) is 0 Å². The average molecular weight is 226 g/mol. The topological polar surface area (TPSA) is 15.3 Å². The van der Waals surface area contributed by atoms with Crippen LogP contribution < -0.4 is 10.2 Å². The Morgan fingerprint density at radius 2 is 2.25 bits per heavy atom. The number of hydrogen-bond acceptors (Lipinski definition) is 2. The predicted molar refractivity (Wildman–Crippen MR) is 60.6 cm³/mol. The number of hydrogen-bond donors (Lipinski definition) is 1. The summed E-state index contributed by atoms with van der Waals surface area (Å²) < 4.78 is 26.6. The molecule has 0 radical (unpaired) electrons. The second-order valence-electron chi connectivity index (χ2n) is 4.23. The lowest BCUT2D eigenvalue weighted by atomic mass is 10.1. The molecular weight excluding hydrogens is 210 g/mol. The van der Waals surface area contributed by atoms with Crippen molar-refractivity contribution >= 4 is 5.69 Å². The molecule has 1 aromatic rings. The fraction of sp³-hybridized carbons (Fsp3) is 0.500. The maximum atomic E-state index is 13.5. The van der Waals surface area contributed by atoms with Crippen molar-refractivity contribution < 1.29 is 8.78 Å². The molecule has 0 spiro atoms. The van der Waals surface area contributed by atoms with Gasteiger partial charge in [-0.1, -0.05) is 6.07 Å². The van der Waals surface area contributed by atoms with Crippen LogP contribution in [0.5, 0.6) is 0 Å². The van der Waals surface area contributed by atoms with Crippen LogP contribution in [0.25, 0.3) is 0 Å². The van der Waals surface area contributed by atoms with Gasteiger partial charge < -0.3 is 10.2 Å². The average Bonchev–Trinajstić information content (AvgIpc) is 2.71. The van der Waals surface area contributed by atoms with Crippen LogP contribution in [-0.2, 0) is 0 Å². The Hall–Kier alpha value is -1.16. The van der Waals surface area contributed by atoms with Crippen LogP contribution in [0.2, 0.25) is 0 Å². The zero-order chi connectivity index (χ0) is 11.5. The van der Waals surface area contributed by atoms with E-state index in [-0.39, 0.29) is 0 Å². The predicted octanol–water partition coefficient (Wildman–Crippen LogP) is 2.01. The number of rotatable bonds is 3. The van der Waals surface area contributed by atoms with Gasteiger partial charge >= 0.3 is 0 Å². The quantitative estimate of drug-likeness (QED) is 0.848. The van der Waals surface area contributed by atoms with Crippen molar-refractivity contribution in [3.05, 3.63) is 29.8 Å². The molecule has 1 unspecified atom stereocenters. The number of nitrogens with one attached hydrogen (secondary N) is 1. The van der Waals surface area contributed by atoms with Crippen LogP contribution in [0.15, 0.2) is 18.2 Å². The molecule has 0 aliphatic carbocycles. The summed E-state index contributed by atoms with van der Waals surface area (Å²) in [6, 6.07) is 4.35. The lowest BCUT2D eigenvalue weighted by Gasteiger charge is -2.19. The smallest absolute Gasteiger partial charge is 0.182 e. The molecule has 1 aliphatic heterocycles. The van der Waals surface area contributed by atoms with Crippen LogP contribution in [0.3, 0.4) is 0 Å². The van der Waals surface area contributed by atoms with Gasteiger partial charge in [0.25, 0.3) is 0 Å². The number of benzene rings is 1. The minimum absolute atomic E-state index is 0.388. The molecule has 88 valence electrons. The lowest BCUT2D eigenvalue weighted by Crippen LogP contribution is -2.25. The molecule has 0 saturated carbocycles. The zero-order valence-corrected chi connectivity index (χ0v) is 9.34. The largest absolute Gasteiger partial charge is 0.369 e. The van der Waals surface area contributed by atoms with E-state index >= 15 is 0 Å². The zero-order valence-electron chi connectivity index (χ0n) is 9.34. The van der Waals surface area contributed by atoms with E-state index < -0.39 is 11.6 Å². The Kier molecular flexibility index (Phi) is 3.39. The van der Waals surface area contributed by atoms with Gasteiger partial charge in [-0.2, -0.15) is 0 Å². The van der Waals surface area contributed by atoms with Crippen molar-refractivity contribution in [2.24, 2.45) is 5.92 Å². The monoisotopic (exact) mass is 226 g/mol. The van der Waals surface area contributed by atoms with E-state index in [9.17, 15) is 8.78 Å². The molecule has 0 amide bonds. The molecule has 4 heteroatoms. The summed E-state index contributed by atoms with van der Waals surface area (Å²) in [6.45, 7) is 2.52. The first-order valence-corrected chi connectivity index (χ1v) is 5.56. The van der Waals surface area contributed by atoms with Gasteiger partial charge in [0, 0.05) is 13.1 Å². The van der Waals surface area contributed by atoms with Crippen molar-refractivity contribution in [3.8, 4) is 0 Å². The van der Waals surface area contributed by atoms with Crippen LogP contribution in [-0.4, -0.2) is 26.7 Å². The van der Waals surface area contributed by atoms with E-state index in [2.05, 4.69) is 5.32 Å². The van der Waals surface area contributed by atoms with E-state index in [4.69, 9.17) is 0 Å². The van der Waals surface area contributed by atoms with E-state index in [1.54, 1.807) is 12.1 Å². The first kappa shape index (κ1) is 11.3. The van der Waals surface area contributed by atoms with Crippen LogP contribution >= 0.6 is 0 Å². The van der Waals surface area contributed by atoms with E-state index in [1.807, 2.05) is 11.9 Å². The molecule has 1 N–H and O–H groups in total. The van der Waals surface area contributed by atoms with E-state index in [1.165, 1.54) is 0 Å². The van der Waals surface area contributed by atoms with Gasteiger partial charge in [-0.3, -0.25) is 0 Å². The third-order valence-electron chi connectivity index (χ3n) is 3.05. The fourth-order valence-electron chi connectivity index (χ4n) is 2.24. The Balaban J connectivity index is 2.11. The fourth-order valence-corrected chi connectivity index (χ4v) is 2.24. The Morgan fingerprint density at radius 3 is 3.00 bits per heavy atom. The maximum absolute atomic E-state index is 13.5. The second kappa shape index (κ2) is 4.78. The molecule has 2 rings (SSSR count). The second-order valence-corrected chi connectivity index (χ2v) is 4.23. The highest BCUT2D eigenvalue weighted by molar-refractivity contribution is 5.49. The highest BCUT2D eigenvalue weighted by Gasteiger charge is 2.24. The normalized spacial score (nSPS) is 20.4. The number of nitrogens with zero attached hydrogens (tertiary/aromatic N) is 1. The molecule has 1 aliphatic rings. The van der Waals surface area contributed by atoms with Crippen molar-refractivity contribution in [2.45, 2.75) is 6.42 Å². The Labute approximate surface area is 94.3 Å². The van der Waals surface area contributed by atoms with Crippen molar-refractivity contribution in [3.63, 3.8) is 0 Å². The van der Waals surface area contributed by atoms with Crippen molar-refractivity contribution in [1.82, 2.24) is 5.32 Å². The minimum atomic E-state index is -0.769. The molecular formula is C12H16F2N2. The van der Waals surface area contributed by atoms with Crippen LogP contribution in [0.1, 0.15) is 6.42 Å². The van der Waals surface area contributed by atoms with Crippen molar-refractivity contribution in [2.75, 3.05) is 31.6 Å². The first-order valence-electron chi connectivity index (χ1n) is 5.56. The van der Waals surface area contributed by atoms with Gasteiger partial charge in [-0.15, -0.1) is 0 Å². The van der Waals surface area contributed by atoms with E-state index in [0.29, 0.717) is 11.6 Å². The van der Waals surface area contributed by atoms with Crippen LogP contribution in [0.4, 0.5) is 14.5 Å². The maximum Gasteiger partial charge on any atom is 0.182 e. The standard InChI is InChI=1S/C12H16F2N2/c1-15-7-9-5-6-16(8-9)11-4-2-3-10(13)12(11)14/h2-4,9,15H,5-8H2,1H3. The lowest BCUT2D eigenvalue weighted by molar-refractivity contribution is 0.506. The molecule has 1 fully saturated rings. The van der Waals surface area contributed by atoms with Gasteiger partial charge in [-0.05, 0) is 38.1 Å². The van der Waals surface area contributed by atoms with Gasteiger partial charge in [0.15, 0.2) is 11.6 Å². The summed E-state index contributed by atoms with van der Waals surface area (Å²) in [5.41, 5.74) is 0.388. The third-order valence-corrected chi connectivity index (χ3v) is 3.05. The number of anilines is 1. The van der Waals surface area contributed by atoms with Crippen LogP contribution in [0, 0.1) is 17.6 Å². The summed E-state index contributed by atoms with van der Waals surface area (Å²) in [6.07, 6.45) is 1.02. The minimum Gasteiger partial charge on any atom is -0.369 e. The summed E-state index contributed by atoms with van der Waals surface area (Å²) in [7, 11) is 1.91. The van der Waals surface area contributed by atoms with Gasteiger partial charge in [0.2, 0.25) is 0 Å².